The quantitative estimate of drug-likeness (QED) is 0.622. The molecule has 7 heteroatoms. The van der Waals surface area contributed by atoms with Gasteiger partial charge < -0.3 is 14.0 Å². The molecule has 5 rings (SSSR count). The Kier molecular flexibility index (Phi) is 6.53. The van der Waals surface area contributed by atoms with Crippen LogP contribution in [0, 0.1) is 0 Å². The molecule has 3 heterocycles. The van der Waals surface area contributed by atoms with Crippen LogP contribution < -0.4 is 4.74 Å². The first-order valence-corrected chi connectivity index (χ1v) is 13.8. The predicted molar refractivity (Wildman–Crippen MR) is 123 cm³/mol. The summed E-state index contributed by atoms with van der Waals surface area (Å²) in [5.74, 6) is 2.90. The van der Waals surface area contributed by atoms with E-state index in [1.807, 2.05) is 24.5 Å². The van der Waals surface area contributed by atoms with Gasteiger partial charge >= 0.3 is 0 Å². The summed E-state index contributed by atoms with van der Waals surface area (Å²) < 4.78 is 24.4. The molecular weight excluding hydrogens is 416 g/mol. The Labute approximate surface area is 186 Å². The Morgan fingerprint density at radius 3 is 2.80 bits per heavy atom. The van der Waals surface area contributed by atoms with Gasteiger partial charge in [0.15, 0.2) is 0 Å². The Morgan fingerprint density at radius 1 is 1.23 bits per heavy atom. The summed E-state index contributed by atoms with van der Waals surface area (Å²) in [7, 11) is 0. The highest BCUT2D eigenvalue weighted by atomic mass is 32.2. The van der Waals surface area contributed by atoms with Gasteiger partial charge in [-0.25, -0.2) is 4.98 Å². The number of hydrogen-bond donors (Lipinski definition) is 0. The van der Waals surface area contributed by atoms with Crippen LogP contribution in [0.1, 0.15) is 55.4 Å². The lowest BCUT2D eigenvalue weighted by Crippen LogP contribution is -2.46. The van der Waals surface area contributed by atoms with Crippen LogP contribution >= 0.6 is 11.3 Å². The fraction of sp³-hybridized carbons (Fsp3) is 0.696. The van der Waals surface area contributed by atoms with Gasteiger partial charge in [-0.3, -0.25) is 4.90 Å². The number of pyridine rings is 1. The van der Waals surface area contributed by atoms with Crippen molar-refractivity contribution < 1.29 is 14.0 Å². The maximum absolute atomic E-state index is 12.3. The van der Waals surface area contributed by atoms with E-state index in [4.69, 9.17) is 9.47 Å². The number of aryl methyl sites for hydroxylation is 1. The van der Waals surface area contributed by atoms with E-state index < -0.39 is 11.2 Å². The molecule has 2 atom stereocenters. The van der Waals surface area contributed by atoms with E-state index in [9.17, 15) is 4.55 Å². The minimum atomic E-state index is -0.741. The summed E-state index contributed by atoms with van der Waals surface area (Å²) in [6.07, 6.45) is 9.02. The molecule has 30 heavy (non-hydrogen) atoms. The number of morpholine rings is 1. The molecule has 0 unspecified atom stereocenters. The molecule has 164 valence electrons. The summed E-state index contributed by atoms with van der Waals surface area (Å²) in [5, 5.41) is 1.21. The third kappa shape index (κ3) is 4.24. The largest absolute Gasteiger partial charge is 0.616 e. The van der Waals surface area contributed by atoms with E-state index in [0.717, 1.165) is 74.1 Å². The van der Waals surface area contributed by atoms with Crippen LogP contribution in [0.25, 0.3) is 10.2 Å². The van der Waals surface area contributed by atoms with Crippen molar-refractivity contribution in [3.05, 3.63) is 22.7 Å². The van der Waals surface area contributed by atoms with E-state index in [1.165, 1.54) is 28.7 Å². The average Bonchev–Trinajstić information content (AvgIpc) is 3.35. The lowest BCUT2D eigenvalue weighted by Gasteiger charge is -2.38. The van der Waals surface area contributed by atoms with Gasteiger partial charge in [0.25, 0.3) is 0 Å². The van der Waals surface area contributed by atoms with Crippen molar-refractivity contribution in [1.29, 1.82) is 0 Å². The lowest BCUT2D eigenvalue weighted by molar-refractivity contribution is -0.000919. The highest BCUT2D eigenvalue weighted by Gasteiger charge is 2.33. The number of thiophene rings is 1. The zero-order valence-electron chi connectivity index (χ0n) is 17.8. The monoisotopic (exact) mass is 448 g/mol. The third-order valence-electron chi connectivity index (χ3n) is 7.00. The minimum Gasteiger partial charge on any atom is -0.616 e. The van der Waals surface area contributed by atoms with Crippen molar-refractivity contribution in [2.75, 3.05) is 37.8 Å². The topological polar surface area (TPSA) is 57.7 Å². The van der Waals surface area contributed by atoms with Crippen molar-refractivity contribution >= 4 is 32.7 Å². The maximum Gasteiger partial charge on any atom is 0.131 e. The Balaban J connectivity index is 1.31. The van der Waals surface area contributed by atoms with Crippen LogP contribution in [0.15, 0.2) is 12.3 Å². The summed E-state index contributed by atoms with van der Waals surface area (Å²) in [6.45, 7) is 5.91. The Morgan fingerprint density at radius 2 is 2.03 bits per heavy atom. The number of nitrogens with zero attached hydrogens (tertiary/aromatic N) is 2. The van der Waals surface area contributed by atoms with Crippen molar-refractivity contribution in [3.8, 4) is 5.75 Å². The molecule has 1 saturated carbocycles. The Bertz CT molecular complexity index is 859. The molecule has 5 nitrogen and oxygen atoms in total. The van der Waals surface area contributed by atoms with Gasteiger partial charge in [-0.2, -0.15) is 0 Å². The standard InChI is InChI=1S/C23H32N2O3S2/c1-2-30(26)15-16-3-8-20-21(16)22-19(9-10-24-23(22)29-20)28-18-6-4-17(5-7-18)25-11-13-27-14-12-25/h9-10,16-18H,2-8,11-15H2,1H3/t16-,17-,18-,30+/m1/s1. The predicted octanol–water partition coefficient (Wildman–Crippen LogP) is 4.12. The number of fused-ring (bicyclic) bond motifs is 3. The van der Waals surface area contributed by atoms with Crippen LogP contribution in [-0.4, -0.2) is 64.4 Å². The van der Waals surface area contributed by atoms with Gasteiger partial charge in [0, 0.05) is 36.1 Å². The van der Waals surface area contributed by atoms with Gasteiger partial charge in [-0.1, -0.05) is 11.2 Å². The van der Waals surface area contributed by atoms with E-state index in [2.05, 4.69) is 16.0 Å². The molecule has 1 aliphatic heterocycles. The summed E-state index contributed by atoms with van der Waals surface area (Å²) in [4.78, 5) is 9.78. The maximum atomic E-state index is 12.3. The van der Waals surface area contributed by atoms with Gasteiger partial charge in [-0.15, -0.1) is 11.3 Å². The highest BCUT2D eigenvalue weighted by molar-refractivity contribution is 7.91. The fourth-order valence-electron chi connectivity index (χ4n) is 5.39. The molecular formula is C23H32N2O3S2. The first-order chi connectivity index (χ1) is 14.7. The number of aromatic nitrogens is 1. The molecule has 1 saturated heterocycles. The fourth-order valence-corrected chi connectivity index (χ4v) is 7.66. The molecule has 0 aromatic carbocycles. The van der Waals surface area contributed by atoms with E-state index >= 15 is 0 Å². The molecule has 2 fully saturated rings. The van der Waals surface area contributed by atoms with E-state index in [1.54, 1.807) is 0 Å². The Hall–Kier alpha value is -0.860. The molecule has 3 aliphatic rings. The van der Waals surface area contributed by atoms with Gasteiger partial charge in [0.1, 0.15) is 22.1 Å². The smallest absolute Gasteiger partial charge is 0.131 e. The SMILES string of the molecule is CC[S@+]([O-])C[C@H]1CCc2sc3nccc(O[C@H]4CC[C@H](N5CCOCC5)CC4)c3c21. The summed E-state index contributed by atoms with van der Waals surface area (Å²) >= 11 is 1.07. The van der Waals surface area contributed by atoms with Gasteiger partial charge in [0.05, 0.1) is 24.7 Å². The van der Waals surface area contributed by atoms with Crippen LogP contribution in [-0.2, 0) is 22.3 Å². The lowest BCUT2D eigenvalue weighted by atomic mass is 9.91. The molecule has 0 bridgehead atoms. The van der Waals surface area contributed by atoms with Crippen LogP contribution in [0.2, 0.25) is 0 Å². The molecule has 0 N–H and O–H groups in total. The number of rotatable bonds is 6. The molecule has 2 aromatic rings. The third-order valence-corrected chi connectivity index (χ3v) is 9.60. The van der Waals surface area contributed by atoms with E-state index in [-0.39, 0.29) is 6.10 Å². The summed E-state index contributed by atoms with van der Waals surface area (Å²) in [5.41, 5.74) is 1.39. The molecule has 0 amide bonds. The zero-order valence-corrected chi connectivity index (χ0v) is 19.4. The van der Waals surface area contributed by atoms with Crippen molar-refractivity contribution in [1.82, 2.24) is 9.88 Å². The molecule has 2 aromatic heterocycles. The first kappa shape index (κ1) is 21.0. The minimum absolute atomic E-state index is 0.285. The van der Waals surface area contributed by atoms with Gasteiger partial charge in [0.2, 0.25) is 0 Å². The molecule has 2 aliphatic carbocycles. The molecule has 0 spiro atoms. The normalized spacial score (nSPS) is 28.5. The van der Waals surface area contributed by atoms with Crippen LogP contribution in [0.5, 0.6) is 5.75 Å². The molecule has 0 radical (unpaired) electrons. The number of hydrogen-bond acceptors (Lipinski definition) is 6. The van der Waals surface area contributed by atoms with Crippen molar-refractivity contribution in [2.45, 2.75) is 63.5 Å². The van der Waals surface area contributed by atoms with Crippen molar-refractivity contribution in [2.24, 2.45) is 0 Å². The number of ether oxygens (including phenoxy) is 2. The van der Waals surface area contributed by atoms with E-state index in [0.29, 0.717) is 12.0 Å². The summed E-state index contributed by atoms with van der Waals surface area (Å²) in [6, 6.07) is 2.74. The van der Waals surface area contributed by atoms with Gasteiger partial charge in [-0.05, 0) is 57.1 Å². The second-order valence-corrected chi connectivity index (χ2v) is 11.6. The highest BCUT2D eigenvalue weighted by Crippen LogP contribution is 2.47. The first-order valence-electron chi connectivity index (χ1n) is 11.5. The van der Waals surface area contributed by atoms with Crippen molar-refractivity contribution in [3.63, 3.8) is 0 Å². The zero-order chi connectivity index (χ0) is 20.5. The second-order valence-electron chi connectivity index (χ2n) is 8.76. The van der Waals surface area contributed by atoms with Crippen LogP contribution in [0.4, 0.5) is 0 Å². The van der Waals surface area contributed by atoms with Crippen LogP contribution in [0.3, 0.4) is 0 Å². The second kappa shape index (κ2) is 9.33. The average molecular weight is 449 g/mol.